The number of carbonyl (C=O) groups is 2. The number of rotatable bonds is 9. The third kappa shape index (κ3) is 5.44. The number of hydrogen-bond acceptors (Lipinski definition) is 5. The third-order valence-electron chi connectivity index (χ3n) is 6.18. The van der Waals surface area contributed by atoms with Crippen molar-refractivity contribution in [1.29, 1.82) is 5.26 Å². The van der Waals surface area contributed by atoms with Crippen molar-refractivity contribution in [3.05, 3.63) is 94.4 Å². The number of aryl methyl sites for hydroxylation is 3. The first-order valence-electron chi connectivity index (χ1n) is 11.8. The van der Waals surface area contributed by atoms with E-state index in [2.05, 4.69) is 42.4 Å². The standard InChI is InChI=1S/C29H28N4O3/c1-20-9-11-23(12-10-20)17-33-22(3)24(21(2)31-33)13-14-29(35)36-19-28(34)26-18-32(16-6-15-30)27-8-5-4-7-25(26)27/h4-5,7-14,18H,6,16-17,19H2,1-3H3. The summed E-state index contributed by atoms with van der Waals surface area (Å²) < 4.78 is 9.04. The summed E-state index contributed by atoms with van der Waals surface area (Å²) in [5, 5.41) is 14.3. The van der Waals surface area contributed by atoms with Crippen LogP contribution in [0.1, 0.15) is 44.9 Å². The van der Waals surface area contributed by atoms with Crippen molar-refractivity contribution in [2.24, 2.45) is 0 Å². The lowest BCUT2D eigenvalue weighted by atomic mass is 10.1. The maximum absolute atomic E-state index is 12.8. The van der Waals surface area contributed by atoms with Crippen LogP contribution < -0.4 is 0 Å². The number of ketones is 1. The molecule has 0 fully saturated rings. The largest absolute Gasteiger partial charge is 0.454 e. The number of benzene rings is 2. The summed E-state index contributed by atoms with van der Waals surface area (Å²) in [6.45, 7) is 6.68. The number of nitrogens with zero attached hydrogens (tertiary/aromatic N) is 4. The van der Waals surface area contributed by atoms with Crippen LogP contribution in [-0.4, -0.2) is 32.7 Å². The summed E-state index contributed by atoms with van der Waals surface area (Å²) in [5.41, 5.74) is 6.31. The maximum atomic E-state index is 12.8. The van der Waals surface area contributed by atoms with Gasteiger partial charge in [0, 0.05) is 46.5 Å². The molecule has 4 aromatic rings. The van der Waals surface area contributed by atoms with Crippen molar-refractivity contribution in [3.8, 4) is 6.07 Å². The Labute approximate surface area is 210 Å². The molecule has 36 heavy (non-hydrogen) atoms. The van der Waals surface area contributed by atoms with E-state index in [9.17, 15) is 9.59 Å². The number of hydrogen-bond donors (Lipinski definition) is 0. The number of esters is 1. The Balaban J connectivity index is 1.41. The molecule has 0 N–H and O–H groups in total. The molecule has 0 saturated carbocycles. The van der Waals surface area contributed by atoms with Crippen LogP contribution in [0.25, 0.3) is 17.0 Å². The number of Topliss-reactive ketones (excluding diaryl/α,β-unsaturated/α-hetero) is 1. The second-order valence-electron chi connectivity index (χ2n) is 8.75. The second kappa shape index (κ2) is 10.9. The van der Waals surface area contributed by atoms with Gasteiger partial charge in [0.2, 0.25) is 5.78 Å². The molecular formula is C29H28N4O3. The van der Waals surface area contributed by atoms with Gasteiger partial charge in [-0.3, -0.25) is 9.48 Å². The molecule has 4 rings (SSSR count). The summed E-state index contributed by atoms with van der Waals surface area (Å²) in [5.74, 6) is -0.886. The summed E-state index contributed by atoms with van der Waals surface area (Å²) in [6.07, 6.45) is 5.08. The van der Waals surface area contributed by atoms with E-state index in [1.165, 1.54) is 11.6 Å². The first-order valence-corrected chi connectivity index (χ1v) is 11.8. The molecule has 0 atom stereocenters. The molecule has 7 nitrogen and oxygen atoms in total. The molecule has 182 valence electrons. The molecule has 0 spiro atoms. The number of carbonyl (C=O) groups excluding carboxylic acids is 2. The van der Waals surface area contributed by atoms with E-state index < -0.39 is 5.97 Å². The normalized spacial score (nSPS) is 11.2. The van der Waals surface area contributed by atoms with Crippen LogP contribution >= 0.6 is 0 Å². The van der Waals surface area contributed by atoms with E-state index in [1.807, 2.05) is 47.4 Å². The van der Waals surface area contributed by atoms with Crippen molar-refractivity contribution < 1.29 is 14.3 Å². The van der Waals surface area contributed by atoms with Gasteiger partial charge in [0.1, 0.15) is 0 Å². The molecule has 0 amide bonds. The number of fused-ring (bicyclic) bond motifs is 1. The quantitative estimate of drug-likeness (QED) is 0.187. The number of nitriles is 1. The van der Waals surface area contributed by atoms with Crippen LogP contribution in [0, 0.1) is 32.1 Å². The fourth-order valence-electron chi connectivity index (χ4n) is 4.21. The van der Waals surface area contributed by atoms with Crippen LogP contribution in [-0.2, 0) is 22.6 Å². The summed E-state index contributed by atoms with van der Waals surface area (Å²) >= 11 is 0. The second-order valence-corrected chi connectivity index (χ2v) is 8.75. The minimum Gasteiger partial charge on any atom is -0.454 e. The van der Waals surface area contributed by atoms with Crippen molar-refractivity contribution in [1.82, 2.24) is 14.3 Å². The van der Waals surface area contributed by atoms with E-state index in [1.54, 1.807) is 12.3 Å². The highest BCUT2D eigenvalue weighted by atomic mass is 16.5. The van der Waals surface area contributed by atoms with Crippen LogP contribution in [0.5, 0.6) is 0 Å². The Morgan fingerprint density at radius 1 is 1.08 bits per heavy atom. The summed E-state index contributed by atoms with van der Waals surface area (Å²) in [6, 6.07) is 17.9. The molecule has 0 unspecified atom stereocenters. The van der Waals surface area contributed by atoms with Gasteiger partial charge >= 0.3 is 5.97 Å². The van der Waals surface area contributed by atoms with Gasteiger partial charge in [0.05, 0.1) is 24.7 Å². The first-order chi connectivity index (χ1) is 17.4. The fraction of sp³-hybridized carbons (Fsp3) is 0.241. The lowest BCUT2D eigenvalue weighted by Crippen LogP contribution is -2.12. The average Bonchev–Trinajstić information content (AvgIpc) is 3.38. The van der Waals surface area contributed by atoms with Crippen LogP contribution in [0.15, 0.2) is 60.8 Å². The van der Waals surface area contributed by atoms with Gasteiger partial charge in [-0.2, -0.15) is 10.4 Å². The van der Waals surface area contributed by atoms with Gasteiger partial charge < -0.3 is 9.30 Å². The Morgan fingerprint density at radius 3 is 2.58 bits per heavy atom. The third-order valence-corrected chi connectivity index (χ3v) is 6.18. The van der Waals surface area contributed by atoms with Crippen LogP contribution in [0.3, 0.4) is 0 Å². The van der Waals surface area contributed by atoms with E-state index in [-0.39, 0.29) is 12.4 Å². The minimum absolute atomic E-state index is 0.290. The number of aromatic nitrogens is 3. The highest BCUT2D eigenvalue weighted by Crippen LogP contribution is 2.22. The van der Waals surface area contributed by atoms with Gasteiger partial charge in [0.15, 0.2) is 6.61 Å². The van der Waals surface area contributed by atoms with E-state index >= 15 is 0 Å². The molecule has 2 aromatic heterocycles. The predicted molar refractivity (Wildman–Crippen MR) is 138 cm³/mol. The Morgan fingerprint density at radius 2 is 1.83 bits per heavy atom. The van der Waals surface area contributed by atoms with E-state index in [4.69, 9.17) is 10.00 Å². The summed E-state index contributed by atoms with van der Waals surface area (Å²) in [4.78, 5) is 25.2. The minimum atomic E-state index is -0.596. The maximum Gasteiger partial charge on any atom is 0.331 e. The van der Waals surface area contributed by atoms with Gasteiger partial charge in [0.25, 0.3) is 0 Å². The van der Waals surface area contributed by atoms with Crippen LogP contribution in [0.4, 0.5) is 0 Å². The average molecular weight is 481 g/mol. The van der Waals surface area contributed by atoms with Crippen molar-refractivity contribution in [2.45, 2.75) is 40.3 Å². The Bertz CT molecular complexity index is 1480. The van der Waals surface area contributed by atoms with Gasteiger partial charge in [-0.05, 0) is 38.5 Å². The van der Waals surface area contributed by atoms with Crippen molar-refractivity contribution in [3.63, 3.8) is 0 Å². The van der Waals surface area contributed by atoms with E-state index in [0.29, 0.717) is 25.1 Å². The zero-order chi connectivity index (χ0) is 25.7. The molecule has 0 radical (unpaired) electrons. The van der Waals surface area contributed by atoms with Gasteiger partial charge in [-0.25, -0.2) is 4.79 Å². The highest BCUT2D eigenvalue weighted by Gasteiger charge is 2.16. The van der Waals surface area contributed by atoms with Crippen molar-refractivity contribution >= 4 is 28.7 Å². The zero-order valence-corrected chi connectivity index (χ0v) is 20.7. The fourth-order valence-corrected chi connectivity index (χ4v) is 4.21. The van der Waals surface area contributed by atoms with Gasteiger partial charge in [-0.1, -0.05) is 48.0 Å². The topological polar surface area (TPSA) is 89.9 Å². The lowest BCUT2D eigenvalue weighted by molar-refractivity contribution is -0.136. The SMILES string of the molecule is Cc1ccc(Cn2nc(C)c(C=CC(=O)OCC(=O)c3cn(CCC#N)c4ccccc34)c2C)cc1. The first kappa shape index (κ1) is 24.7. The van der Waals surface area contributed by atoms with Crippen LogP contribution in [0.2, 0.25) is 0 Å². The molecular weight excluding hydrogens is 452 g/mol. The van der Waals surface area contributed by atoms with E-state index in [0.717, 1.165) is 33.4 Å². The smallest absolute Gasteiger partial charge is 0.331 e. The molecule has 2 heterocycles. The molecule has 7 heteroatoms. The van der Waals surface area contributed by atoms with Gasteiger partial charge in [-0.15, -0.1) is 0 Å². The summed E-state index contributed by atoms with van der Waals surface area (Å²) in [7, 11) is 0. The number of para-hydroxylation sites is 1. The molecule has 0 saturated heterocycles. The molecule has 0 aliphatic rings. The monoisotopic (exact) mass is 480 g/mol. The number of ether oxygens (including phenoxy) is 1. The Kier molecular flexibility index (Phi) is 7.45. The lowest BCUT2D eigenvalue weighted by Gasteiger charge is -2.05. The van der Waals surface area contributed by atoms with Crippen molar-refractivity contribution in [2.75, 3.05) is 6.61 Å². The molecule has 2 aromatic carbocycles. The zero-order valence-electron chi connectivity index (χ0n) is 20.7. The molecule has 0 bridgehead atoms. The highest BCUT2D eigenvalue weighted by molar-refractivity contribution is 6.09. The Hall–Kier alpha value is -4.44. The molecule has 0 aliphatic carbocycles. The molecule has 0 aliphatic heterocycles. The predicted octanol–water partition coefficient (Wildman–Crippen LogP) is 5.16.